The minimum absolute atomic E-state index is 0.213. The van der Waals surface area contributed by atoms with Gasteiger partial charge in [-0.25, -0.2) is 0 Å². The summed E-state index contributed by atoms with van der Waals surface area (Å²) in [4.78, 5) is 33.0. The maximum atomic E-state index is 13.2. The molecule has 33 heavy (non-hydrogen) atoms. The van der Waals surface area contributed by atoms with E-state index in [0.717, 1.165) is 22.6 Å². The van der Waals surface area contributed by atoms with Gasteiger partial charge in [0, 0.05) is 17.7 Å². The second-order valence-electron chi connectivity index (χ2n) is 8.19. The predicted octanol–water partition coefficient (Wildman–Crippen LogP) is 3.30. The zero-order valence-electron chi connectivity index (χ0n) is 18.3. The van der Waals surface area contributed by atoms with Crippen molar-refractivity contribution in [3.8, 4) is 17.1 Å². The minimum atomic E-state index is -0.343. The molecule has 0 N–H and O–H groups in total. The van der Waals surface area contributed by atoms with Crippen molar-refractivity contribution in [3.63, 3.8) is 0 Å². The van der Waals surface area contributed by atoms with Crippen molar-refractivity contribution in [2.45, 2.75) is 13.8 Å². The molecule has 8 heteroatoms. The lowest BCUT2D eigenvalue weighted by atomic mass is 10.1. The van der Waals surface area contributed by atoms with Crippen LogP contribution in [0.4, 0.5) is 5.69 Å². The lowest BCUT2D eigenvalue weighted by Crippen LogP contribution is -2.32. The molecular weight excluding hydrogens is 436 g/mol. The van der Waals surface area contributed by atoms with Gasteiger partial charge in [-0.1, -0.05) is 49.5 Å². The van der Waals surface area contributed by atoms with Crippen molar-refractivity contribution < 1.29 is 9.53 Å². The van der Waals surface area contributed by atoms with E-state index in [1.54, 1.807) is 11.0 Å². The number of amides is 1. The number of hydrogen-bond donors (Lipinski definition) is 0. The molecule has 0 radical (unpaired) electrons. The first-order valence-corrected chi connectivity index (χ1v) is 11.5. The summed E-state index contributed by atoms with van der Waals surface area (Å²) in [6.45, 7) is 8.95. The van der Waals surface area contributed by atoms with E-state index in [1.807, 2.05) is 48.5 Å². The molecule has 166 valence electrons. The van der Waals surface area contributed by atoms with Gasteiger partial charge in [0.1, 0.15) is 10.3 Å². The highest BCUT2D eigenvalue weighted by Crippen LogP contribution is 2.35. The SMILES string of the molecule is C=CCN1C(=O)C(=c2sc3nc(-c4ccc(OCC(C)C)cc4)nn3c2=O)c2ccccc21. The summed E-state index contributed by atoms with van der Waals surface area (Å²) in [5.41, 5.74) is 2.35. The summed E-state index contributed by atoms with van der Waals surface area (Å²) >= 11 is 1.18. The van der Waals surface area contributed by atoms with E-state index in [1.165, 1.54) is 15.9 Å². The second-order valence-corrected chi connectivity index (χ2v) is 9.17. The fourth-order valence-electron chi connectivity index (χ4n) is 3.78. The molecule has 0 fully saturated rings. The van der Waals surface area contributed by atoms with Crippen molar-refractivity contribution in [2.75, 3.05) is 18.1 Å². The summed E-state index contributed by atoms with van der Waals surface area (Å²) in [6.07, 6.45) is 1.67. The Morgan fingerprint density at radius 3 is 2.58 bits per heavy atom. The van der Waals surface area contributed by atoms with Crippen LogP contribution in [0.1, 0.15) is 19.4 Å². The van der Waals surface area contributed by atoms with Crippen LogP contribution in [0.25, 0.3) is 21.9 Å². The van der Waals surface area contributed by atoms with Gasteiger partial charge in [-0.2, -0.15) is 9.50 Å². The summed E-state index contributed by atoms with van der Waals surface area (Å²) in [7, 11) is 0. The largest absolute Gasteiger partial charge is 0.493 e. The molecule has 0 atom stereocenters. The van der Waals surface area contributed by atoms with Gasteiger partial charge in [0.15, 0.2) is 5.82 Å². The highest BCUT2D eigenvalue weighted by atomic mass is 32.1. The Balaban J connectivity index is 1.56. The molecule has 2 aromatic carbocycles. The Hall–Kier alpha value is -3.78. The molecule has 0 bridgehead atoms. The standard InChI is InChI=1S/C25H22N4O3S/c1-4-13-28-19-8-6-5-7-18(19)20(23(28)30)21-24(31)29-25(33-21)26-22(27-29)16-9-11-17(12-10-16)32-14-15(2)3/h4-12,15H,1,13-14H2,2-3H3. The molecule has 3 heterocycles. The van der Waals surface area contributed by atoms with Crippen LogP contribution in [0.2, 0.25) is 0 Å². The molecule has 5 rings (SSSR count). The first-order valence-electron chi connectivity index (χ1n) is 10.7. The molecule has 0 saturated carbocycles. The fraction of sp³-hybridized carbons (Fsp3) is 0.200. The molecule has 1 aliphatic heterocycles. The highest BCUT2D eigenvalue weighted by Gasteiger charge is 2.33. The molecule has 0 saturated heterocycles. The topological polar surface area (TPSA) is 76.8 Å². The monoisotopic (exact) mass is 458 g/mol. The summed E-state index contributed by atoms with van der Waals surface area (Å²) in [5.74, 6) is 1.46. The van der Waals surface area contributed by atoms with Crippen molar-refractivity contribution in [1.82, 2.24) is 14.6 Å². The van der Waals surface area contributed by atoms with Crippen LogP contribution >= 0.6 is 11.3 Å². The van der Waals surface area contributed by atoms with Gasteiger partial charge in [0.2, 0.25) is 4.96 Å². The molecule has 4 aromatic rings. The second kappa shape index (κ2) is 8.29. The Morgan fingerprint density at radius 2 is 1.88 bits per heavy atom. The number of aromatic nitrogens is 3. The van der Waals surface area contributed by atoms with Gasteiger partial charge < -0.3 is 9.64 Å². The van der Waals surface area contributed by atoms with E-state index in [2.05, 4.69) is 30.5 Å². The number of hydrogen-bond acceptors (Lipinski definition) is 6. The number of benzene rings is 2. The first-order chi connectivity index (χ1) is 16.0. The van der Waals surface area contributed by atoms with Gasteiger partial charge in [-0.3, -0.25) is 9.59 Å². The number of carbonyl (C=O) groups is 1. The predicted molar refractivity (Wildman–Crippen MR) is 130 cm³/mol. The quantitative estimate of drug-likeness (QED) is 0.415. The summed E-state index contributed by atoms with van der Waals surface area (Å²) < 4.78 is 7.34. The average molecular weight is 459 g/mol. The van der Waals surface area contributed by atoms with Crippen LogP contribution < -0.4 is 19.7 Å². The van der Waals surface area contributed by atoms with Crippen LogP contribution in [0.5, 0.6) is 5.75 Å². The van der Waals surface area contributed by atoms with Gasteiger partial charge in [-0.05, 0) is 36.2 Å². The van der Waals surface area contributed by atoms with E-state index in [4.69, 9.17) is 4.74 Å². The average Bonchev–Trinajstić information content (AvgIpc) is 3.44. The third-order valence-electron chi connectivity index (χ3n) is 5.32. The normalized spacial score (nSPS) is 14.9. The van der Waals surface area contributed by atoms with Crippen LogP contribution in [-0.2, 0) is 4.79 Å². The minimum Gasteiger partial charge on any atom is -0.493 e. The molecule has 0 spiro atoms. The zero-order chi connectivity index (χ0) is 23.1. The molecule has 1 amide bonds. The van der Waals surface area contributed by atoms with E-state index in [-0.39, 0.29) is 11.5 Å². The number of nitrogens with zero attached hydrogens (tertiary/aromatic N) is 4. The van der Waals surface area contributed by atoms with Crippen LogP contribution in [0.3, 0.4) is 0 Å². The van der Waals surface area contributed by atoms with Gasteiger partial charge in [0.05, 0.1) is 17.9 Å². The number of thiazole rings is 1. The smallest absolute Gasteiger partial charge is 0.291 e. The van der Waals surface area contributed by atoms with E-state index >= 15 is 0 Å². The number of anilines is 1. The van der Waals surface area contributed by atoms with Crippen molar-refractivity contribution in [3.05, 3.63) is 81.6 Å². The molecule has 2 aromatic heterocycles. The summed E-state index contributed by atoms with van der Waals surface area (Å²) in [6, 6.07) is 14.9. The lowest BCUT2D eigenvalue weighted by molar-refractivity contribution is -0.112. The van der Waals surface area contributed by atoms with Crippen molar-refractivity contribution in [1.29, 1.82) is 0 Å². The number of ether oxygens (including phenoxy) is 1. The van der Waals surface area contributed by atoms with Crippen LogP contribution in [-0.4, -0.2) is 33.7 Å². The van der Waals surface area contributed by atoms with Crippen molar-refractivity contribution >= 4 is 33.5 Å². The zero-order valence-corrected chi connectivity index (χ0v) is 19.1. The number of fused-ring (bicyclic) bond motifs is 2. The van der Waals surface area contributed by atoms with E-state index in [9.17, 15) is 9.59 Å². The Labute approximate surface area is 194 Å². The third kappa shape index (κ3) is 3.62. The molecular formula is C25H22N4O3S. The van der Waals surface area contributed by atoms with Gasteiger partial charge >= 0.3 is 0 Å². The number of carbonyl (C=O) groups excluding carboxylic acids is 1. The van der Waals surface area contributed by atoms with Crippen molar-refractivity contribution in [2.24, 2.45) is 5.92 Å². The fourth-order valence-corrected chi connectivity index (χ4v) is 4.78. The Bertz CT molecular complexity index is 1480. The van der Waals surface area contributed by atoms with Crippen LogP contribution in [0, 0.1) is 5.92 Å². The Morgan fingerprint density at radius 1 is 1.12 bits per heavy atom. The maximum Gasteiger partial charge on any atom is 0.291 e. The molecule has 0 unspecified atom stereocenters. The maximum absolute atomic E-state index is 13.2. The van der Waals surface area contributed by atoms with E-state index in [0.29, 0.717) is 40.0 Å². The number of rotatable bonds is 6. The van der Waals surface area contributed by atoms with Gasteiger partial charge in [-0.15, -0.1) is 11.7 Å². The molecule has 7 nitrogen and oxygen atoms in total. The third-order valence-corrected chi connectivity index (χ3v) is 6.34. The molecule has 0 aliphatic carbocycles. The number of para-hydroxylation sites is 1. The summed E-state index contributed by atoms with van der Waals surface area (Å²) in [5, 5.41) is 4.42. The van der Waals surface area contributed by atoms with E-state index < -0.39 is 0 Å². The first kappa shape index (κ1) is 21.1. The Kier molecular flexibility index (Phi) is 5.30. The molecule has 1 aliphatic rings. The van der Waals surface area contributed by atoms with Gasteiger partial charge in [0.25, 0.3) is 11.5 Å². The lowest BCUT2D eigenvalue weighted by Gasteiger charge is -2.13. The highest BCUT2D eigenvalue weighted by molar-refractivity contribution is 7.15. The van der Waals surface area contributed by atoms with Crippen LogP contribution in [0.15, 0.2) is 66.0 Å².